The molecule has 42 heavy (non-hydrogen) atoms. The second kappa shape index (κ2) is 16.5. The molecule has 3 rings (SSSR count). The van der Waals surface area contributed by atoms with Gasteiger partial charge in [0.1, 0.15) is 6.04 Å². The number of rotatable bonds is 16. The molecule has 1 atom stereocenters. The van der Waals surface area contributed by atoms with Crippen molar-refractivity contribution in [2.45, 2.75) is 65.0 Å². The number of carbonyl (C=O) groups excluding carboxylic acids is 2. The zero-order chi connectivity index (χ0) is 30.5. The summed E-state index contributed by atoms with van der Waals surface area (Å²) < 4.78 is 27.6. The first-order chi connectivity index (χ1) is 20.1. The van der Waals surface area contributed by atoms with Crippen molar-refractivity contribution in [1.29, 1.82) is 0 Å². The van der Waals surface area contributed by atoms with E-state index in [1.807, 2.05) is 73.7 Å². The lowest BCUT2D eigenvalue weighted by Crippen LogP contribution is -2.50. The summed E-state index contributed by atoms with van der Waals surface area (Å²) >= 11 is 3.51. The molecule has 3 aromatic carbocycles. The third-order valence-electron chi connectivity index (χ3n) is 7.13. The number of halogens is 1. The van der Waals surface area contributed by atoms with Crippen LogP contribution in [-0.4, -0.2) is 50.5 Å². The Morgan fingerprint density at radius 2 is 1.57 bits per heavy atom. The maximum absolute atomic E-state index is 13.9. The van der Waals surface area contributed by atoms with Gasteiger partial charge in [-0.15, -0.1) is 0 Å². The van der Waals surface area contributed by atoms with Gasteiger partial charge < -0.3 is 10.2 Å². The number of nitrogens with one attached hydrogen (secondary N) is 1. The summed E-state index contributed by atoms with van der Waals surface area (Å²) in [5.74, 6) is -0.388. The van der Waals surface area contributed by atoms with E-state index < -0.39 is 16.1 Å². The van der Waals surface area contributed by atoms with E-state index >= 15 is 0 Å². The van der Waals surface area contributed by atoms with E-state index in [4.69, 9.17) is 0 Å². The average Bonchev–Trinajstić information content (AvgIpc) is 2.97. The van der Waals surface area contributed by atoms with Crippen LogP contribution in [0.4, 0.5) is 5.69 Å². The molecule has 0 aliphatic heterocycles. The molecule has 0 aliphatic carbocycles. The lowest BCUT2D eigenvalue weighted by molar-refractivity contribution is -0.141. The zero-order valence-corrected chi connectivity index (χ0v) is 27.2. The Morgan fingerprint density at radius 3 is 2.19 bits per heavy atom. The van der Waals surface area contributed by atoms with Crippen LogP contribution in [0.1, 0.15) is 56.2 Å². The van der Waals surface area contributed by atoms with Crippen molar-refractivity contribution in [2.24, 2.45) is 0 Å². The molecule has 226 valence electrons. The molecular formula is C33H42BrN3O4S. The largest absolute Gasteiger partial charge is 0.354 e. The molecule has 0 saturated carbocycles. The first-order valence-corrected chi connectivity index (χ1v) is 17.2. The van der Waals surface area contributed by atoms with Crippen LogP contribution in [0.2, 0.25) is 0 Å². The van der Waals surface area contributed by atoms with Crippen LogP contribution < -0.4 is 9.62 Å². The fourth-order valence-corrected chi connectivity index (χ4v) is 6.21. The van der Waals surface area contributed by atoms with E-state index in [-0.39, 0.29) is 31.3 Å². The van der Waals surface area contributed by atoms with Gasteiger partial charge in [-0.1, -0.05) is 90.8 Å². The molecule has 1 N–H and O–H groups in total. The molecule has 0 bridgehead atoms. The Bertz CT molecular complexity index is 1400. The predicted molar refractivity (Wildman–Crippen MR) is 174 cm³/mol. The lowest BCUT2D eigenvalue weighted by atomic mass is 10.0. The van der Waals surface area contributed by atoms with Crippen molar-refractivity contribution >= 4 is 43.5 Å². The van der Waals surface area contributed by atoms with Crippen molar-refractivity contribution in [2.75, 3.05) is 23.7 Å². The molecule has 0 aliphatic rings. The van der Waals surface area contributed by atoms with Crippen LogP contribution in [0.25, 0.3) is 0 Å². The highest BCUT2D eigenvalue weighted by atomic mass is 79.9. The van der Waals surface area contributed by atoms with Gasteiger partial charge in [0.15, 0.2) is 0 Å². The quantitative estimate of drug-likeness (QED) is 0.189. The van der Waals surface area contributed by atoms with Gasteiger partial charge in [-0.3, -0.25) is 13.9 Å². The number of unbranched alkanes of at least 4 members (excludes halogenated alkanes) is 1. The van der Waals surface area contributed by atoms with Crippen LogP contribution in [0, 0.1) is 0 Å². The van der Waals surface area contributed by atoms with Crippen molar-refractivity contribution in [1.82, 2.24) is 10.2 Å². The lowest BCUT2D eigenvalue weighted by Gasteiger charge is -2.32. The number of amides is 2. The normalized spacial score (nSPS) is 12.0. The van der Waals surface area contributed by atoms with Crippen molar-refractivity contribution in [3.8, 4) is 0 Å². The molecule has 3 aromatic rings. The number of nitrogens with zero attached hydrogens (tertiary/aromatic N) is 2. The number of hydrogen-bond donors (Lipinski definition) is 1. The van der Waals surface area contributed by atoms with Gasteiger partial charge in [0.2, 0.25) is 21.8 Å². The molecule has 0 radical (unpaired) electrons. The summed E-state index contributed by atoms with van der Waals surface area (Å²) in [6.45, 7) is 5.07. The summed E-state index contributed by atoms with van der Waals surface area (Å²) in [5, 5.41) is 3.03. The fraction of sp³-hybridized carbons (Fsp3) is 0.394. The third kappa shape index (κ3) is 10.3. The van der Waals surface area contributed by atoms with E-state index in [9.17, 15) is 18.0 Å². The van der Waals surface area contributed by atoms with Gasteiger partial charge in [-0.05, 0) is 60.2 Å². The molecule has 0 spiro atoms. The Morgan fingerprint density at radius 1 is 0.881 bits per heavy atom. The van der Waals surface area contributed by atoms with E-state index in [0.717, 1.165) is 40.4 Å². The van der Waals surface area contributed by atoms with Crippen molar-refractivity contribution in [3.05, 3.63) is 100 Å². The summed E-state index contributed by atoms with van der Waals surface area (Å²) in [5.41, 5.74) is 3.54. The topological polar surface area (TPSA) is 86.8 Å². The summed E-state index contributed by atoms with van der Waals surface area (Å²) in [6.07, 6.45) is 4.62. The Labute approximate surface area is 259 Å². The first kappa shape index (κ1) is 33.3. The Hall–Kier alpha value is -3.17. The van der Waals surface area contributed by atoms with Crippen LogP contribution >= 0.6 is 15.9 Å². The van der Waals surface area contributed by atoms with Gasteiger partial charge in [0.05, 0.1) is 11.9 Å². The maximum atomic E-state index is 13.9. The van der Waals surface area contributed by atoms with E-state index in [0.29, 0.717) is 25.1 Å². The molecule has 0 heterocycles. The first-order valence-electron chi connectivity index (χ1n) is 14.5. The highest BCUT2D eigenvalue weighted by Gasteiger charge is 2.30. The smallest absolute Gasteiger partial charge is 0.243 e. The molecule has 0 aromatic heterocycles. The number of carbonyl (C=O) groups is 2. The molecular weight excluding hydrogens is 614 g/mol. The van der Waals surface area contributed by atoms with Crippen LogP contribution in [0.3, 0.4) is 0 Å². The number of sulfonamides is 1. The Kier molecular flexibility index (Phi) is 13.1. The minimum absolute atomic E-state index is 0.0978. The van der Waals surface area contributed by atoms with E-state index in [1.54, 1.807) is 17.0 Å². The Balaban J connectivity index is 1.86. The number of aryl methyl sites for hydroxylation is 1. The summed E-state index contributed by atoms with van der Waals surface area (Å²) in [7, 11) is -3.55. The monoisotopic (exact) mass is 655 g/mol. The maximum Gasteiger partial charge on any atom is 0.243 e. The molecule has 1 unspecified atom stereocenters. The average molecular weight is 657 g/mol. The van der Waals surface area contributed by atoms with Crippen LogP contribution in [-0.2, 0) is 39.0 Å². The van der Waals surface area contributed by atoms with Gasteiger partial charge in [0.25, 0.3) is 0 Å². The number of hydrogen-bond acceptors (Lipinski definition) is 4. The van der Waals surface area contributed by atoms with Crippen molar-refractivity contribution in [3.63, 3.8) is 0 Å². The van der Waals surface area contributed by atoms with Crippen molar-refractivity contribution < 1.29 is 18.0 Å². The van der Waals surface area contributed by atoms with Gasteiger partial charge in [0, 0.05) is 36.9 Å². The van der Waals surface area contributed by atoms with Crippen LogP contribution in [0.5, 0.6) is 0 Å². The van der Waals surface area contributed by atoms with E-state index in [1.165, 1.54) is 10.6 Å². The summed E-state index contributed by atoms with van der Waals surface area (Å²) in [6, 6.07) is 24.1. The predicted octanol–water partition coefficient (Wildman–Crippen LogP) is 6.11. The van der Waals surface area contributed by atoms with Gasteiger partial charge >= 0.3 is 0 Å². The molecule has 0 fully saturated rings. The second-order valence-corrected chi connectivity index (χ2v) is 13.3. The highest BCUT2D eigenvalue weighted by Crippen LogP contribution is 2.22. The molecule has 7 nitrogen and oxygen atoms in total. The number of anilines is 1. The number of benzene rings is 3. The highest BCUT2D eigenvalue weighted by molar-refractivity contribution is 9.10. The fourth-order valence-electron chi connectivity index (χ4n) is 4.79. The SMILES string of the molecule is CCCCNC(=O)C(Cc1ccccc1)N(Cc1cccc(Br)c1)C(=O)CCCN(c1ccc(CC)cc1)S(C)(=O)=O. The third-order valence-corrected chi connectivity index (χ3v) is 8.81. The van der Waals surface area contributed by atoms with Crippen LogP contribution in [0.15, 0.2) is 83.3 Å². The second-order valence-electron chi connectivity index (χ2n) is 10.5. The minimum Gasteiger partial charge on any atom is -0.354 e. The molecule has 9 heteroatoms. The van der Waals surface area contributed by atoms with Gasteiger partial charge in [-0.2, -0.15) is 0 Å². The zero-order valence-electron chi connectivity index (χ0n) is 24.8. The molecule has 2 amide bonds. The standard InChI is InChI=1S/C33H42BrN3O4S/c1-4-6-21-35-33(39)31(24-27-12-8-7-9-13-27)36(25-28-14-10-15-29(34)23-28)32(38)16-11-22-37(42(3,40)41)30-19-17-26(5-2)18-20-30/h7-10,12-15,17-20,23,31H,4-6,11,16,21-22,24-25H2,1-3H3,(H,35,39). The van der Waals surface area contributed by atoms with E-state index in [2.05, 4.69) is 28.2 Å². The minimum atomic E-state index is -3.55. The van der Waals surface area contributed by atoms with Gasteiger partial charge in [-0.25, -0.2) is 8.42 Å². The molecule has 0 saturated heterocycles. The summed E-state index contributed by atoms with van der Waals surface area (Å²) in [4.78, 5) is 29.1.